The zero-order valence-electron chi connectivity index (χ0n) is 15.1. The highest BCUT2D eigenvalue weighted by Gasteiger charge is 2.40. The molecule has 2 heterocycles. The van der Waals surface area contributed by atoms with Gasteiger partial charge in [0.2, 0.25) is 0 Å². The number of fused-ring (bicyclic) bond motifs is 1. The molecule has 4 amide bonds. The molecule has 2 aromatic rings. The van der Waals surface area contributed by atoms with E-state index >= 15 is 0 Å². The van der Waals surface area contributed by atoms with E-state index in [-0.39, 0.29) is 18.2 Å². The van der Waals surface area contributed by atoms with Crippen LogP contribution in [0.5, 0.6) is 0 Å². The van der Waals surface area contributed by atoms with Gasteiger partial charge in [-0.2, -0.15) is 0 Å². The molecule has 0 atom stereocenters. The summed E-state index contributed by atoms with van der Waals surface area (Å²) in [7, 11) is 0. The molecule has 2 N–H and O–H groups in total. The largest absolute Gasteiger partial charge is 0.480 e. The second-order valence-corrected chi connectivity index (χ2v) is 7.05. The van der Waals surface area contributed by atoms with E-state index in [1.165, 1.54) is 6.08 Å². The van der Waals surface area contributed by atoms with Crippen molar-refractivity contribution in [1.82, 2.24) is 14.8 Å². The zero-order valence-corrected chi connectivity index (χ0v) is 15.1. The van der Waals surface area contributed by atoms with Crippen molar-refractivity contribution in [3.63, 3.8) is 0 Å². The molecule has 4 rings (SSSR count). The smallest absolute Gasteiger partial charge is 0.331 e. The minimum Gasteiger partial charge on any atom is -0.480 e. The number of benzene rings is 1. The Morgan fingerprint density at radius 3 is 2.61 bits per heavy atom. The van der Waals surface area contributed by atoms with Gasteiger partial charge in [-0.3, -0.25) is 24.6 Å². The molecule has 0 spiro atoms. The molecule has 8 heteroatoms. The number of hydrogen-bond acceptors (Lipinski definition) is 4. The Bertz CT molecular complexity index is 1030. The van der Waals surface area contributed by atoms with Crippen molar-refractivity contribution in [3.8, 4) is 0 Å². The van der Waals surface area contributed by atoms with Gasteiger partial charge in [-0.05, 0) is 25.0 Å². The molecule has 1 aromatic heterocycles. The van der Waals surface area contributed by atoms with Crippen molar-refractivity contribution in [3.05, 3.63) is 41.6 Å². The van der Waals surface area contributed by atoms with Gasteiger partial charge in [0.05, 0.1) is 0 Å². The third kappa shape index (κ3) is 3.06. The van der Waals surface area contributed by atoms with Crippen LogP contribution in [0, 0.1) is 0 Å². The SMILES string of the molecule is O=C(O)Cn1cc(/C=C2/C(=O)NC(=O)N(C3CCCC3)C2=O)c2ccccc21. The molecule has 28 heavy (non-hydrogen) atoms. The van der Waals surface area contributed by atoms with Crippen LogP contribution in [0.1, 0.15) is 31.2 Å². The number of para-hydroxylation sites is 1. The molecule has 1 saturated heterocycles. The van der Waals surface area contributed by atoms with Gasteiger partial charge in [0.1, 0.15) is 12.1 Å². The number of aromatic nitrogens is 1. The first-order chi connectivity index (χ1) is 13.5. The van der Waals surface area contributed by atoms with E-state index in [2.05, 4.69) is 5.32 Å². The number of carbonyl (C=O) groups is 4. The normalized spacial score (nSPS) is 19.6. The van der Waals surface area contributed by atoms with E-state index in [1.807, 2.05) is 0 Å². The van der Waals surface area contributed by atoms with Gasteiger partial charge in [0.15, 0.2) is 0 Å². The summed E-state index contributed by atoms with van der Waals surface area (Å²) in [5.41, 5.74) is 1.12. The molecule has 2 aliphatic rings. The maximum Gasteiger partial charge on any atom is 0.331 e. The summed E-state index contributed by atoms with van der Waals surface area (Å²) in [6.07, 6.45) is 6.39. The molecular weight excluding hydrogens is 362 g/mol. The average Bonchev–Trinajstić information content (AvgIpc) is 3.27. The third-order valence-corrected chi connectivity index (χ3v) is 5.25. The molecule has 0 radical (unpaired) electrons. The van der Waals surface area contributed by atoms with Crippen LogP contribution in [0.3, 0.4) is 0 Å². The summed E-state index contributed by atoms with van der Waals surface area (Å²) in [6, 6.07) is 6.29. The lowest BCUT2D eigenvalue weighted by atomic mass is 10.0. The van der Waals surface area contributed by atoms with Gasteiger partial charge in [-0.15, -0.1) is 0 Å². The number of imide groups is 2. The van der Waals surface area contributed by atoms with Crippen LogP contribution in [-0.2, 0) is 20.9 Å². The average molecular weight is 381 g/mol. The number of urea groups is 1. The van der Waals surface area contributed by atoms with E-state index in [9.17, 15) is 19.2 Å². The lowest BCUT2D eigenvalue weighted by Gasteiger charge is -2.31. The summed E-state index contributed by atoms with van der Waals surface area (Å²) in [4.78, 5) is 49.8. The minimum absolute atomic E-state index is 0.121. The number of carboxylic acids is 1. The summed E-state index contributed by atoms with van der Waals surface area (Å²) in [5.74, 6) is -2.33. The predicted molar refractivity (Wildman–Crippen MR) is 100 cm³/mol. The number of carboxylic acid groups (broad SMARTS) is 1. The Labute approximate surface area is 160 Å². The van der Waals surface area contributed by atoms with Crippen molar-refractivity contribution in [2.45, 2.75) is 38.3 Å². The summed E-state index contributed by atoms with van der Waals surface area (Å²) in [6.45, 7) is -0.240. The molecule has 0 bridgehead atoms. The van der Waals surface area contributed by atoms with Gasteiger partial charge in [-0.25, -0.2) is 4.79 Å². The molecule has 1 aromatic carbocycles. The molecule has 0 unspecified atom stereocenters. The molecule has 1 aliphatic carbocycles. The molecule has 1 aliphatic heterocycles. The highest BCUT2D eigenvalue weighted by atomic mass is 16.4. The van der Waals surface area contributed by atoms with E-state index in [4.69, 9.17) is 5.11 Å². The highest BCUT2D eigenvalue weighted by Crippen LogP contribution is 2.29. The van der Waals surface area contributed by atoms with Crippen LogP contribution in [0.4, 0.5) is 4.79 Å². The number of nitrogens with zero attached hydrogens (tertiary/aromatic N) is 2. The number of nitrogens with one attached hydrogen (secondary N) is 1. The van der Waals surface area contributed by atoms with Crippen LogP contribution in [0.15, 0.2) is 36.0 Å². The number of hydrogen-bond donors (Lipinski definition) is 2. The van der Waals surface area contributed by atoms with Gasteiger partial charge < -0.3 is 9.67 Å². The highest BCUT2D eigenvalue weighted by molar-refractivity contribution is 6.31. The number of carbonyl (C=O) groups excluding carboxylic acids is 3. The van der Waals surface area contributed by atoms with Crippen LogP contribution in [0.25, 0.3) is 17.0 Å². The van der Waals surface area contributed by atoms with Crippen molar-refractivity contribution in [2.24, 2.45) is 0 Å². The lowest BCUT2D eigenvalue weighted by molar-refractivity contribution is -0.137. The monoisotopic (exact) mass is 381 g/mol. The number of aliphatic carboxylic acids is 1. The summed E-state index contributed by atoms with van der Waals surface area (Å²) < 4.78 is 1.55. The van der Waals surface area contributed by atoms with Crippen molar-refractivity contribution < 1.29 is 24.3 Å². The van der Waals surface area contributed by atoms with Gasteiger partial charge >= 0.3 is 12.0 Å². The topological polar surface area (TPSA) is 109 Å². The van der Waals surface area contributed by atoms with Crippen molar-refractivity contribution >= 4 is 40.8 Å². The maximum atomic E-state index is 12.9. The first-order valence-corrected chi connectivity index (χ1v) is 9.16. The number of barbiturate groups is 1. The van der Waals surface area contributed by atoms with Crippen LogP contribution in [0.2, 0.25) is 0 Å². The molecule has 2 fully saturated rings. The third-order valence-electron chi connectivity index (χ3n) is 5.25. The number of rotatable bonds is 4. The fraction of sp³-hybridized carbons (Fsp3) is 0.300. The minimum atomic E-state index is -0.996. The fourth-order valence-corrected chi connectivity index (χ4v) is 3.99. The van der Waals surface area contributed by atoms with E-state index < -0.39 is 23.8 Å². The molecule has 8 nitrogen and oxygen atoms in total. The first-order valence-electron chi connectivity index (χ1n) is 9.16. The van der Waals surface area contributed by atoms with Crippen LogP contribution < -0.4 is 5.32 Å². The zero-order chi connectivity index (χ0) is 19.8. The molecule has 1 saturated carbocycles. The second kappa shape index (κ2) is 6.95. The van der Waals surface area contributed by atoms with Crippen LogP contribution in [-0.4, -0.2) is 44.4 Å². The standard InChI is InChI=1S/C20H19N3O5/c24-17(25)11-22-10-12(14-7-3-4-8-16(14)22)9-15-18(26)21-20(28)23(19(15)27)13-5-1-2-6-13/h3-4,7-10,13H,1-2,5-6,11H2,(H,24,25)(H,21,26,28)/b15-9-. The van der Waals surface area contributed by atoms with E-state index in [0.717, 1.165) is 36.0 Å². The molecule has 144 valence electrons. The fourth-order valence-electron chi connectivity index (χ4n) is 3.99. The maximum absolute atomic E-state index is 12.9. The van der Waals surface area contributed by atoms with Gasteiger partial charge in [-0.1, -0.05) is 31.0 Å². The predicted octanol–water partition coefficient (Wildman–Crippen LogP) is 2.13. The first kappa shape index (κ1) is 18.0. The van der Waals surface area contributed by atoms with E-state index in [1.54, 1.807) is 35.0 Å². The van der Waals surface area contributed by atoms with Gasteiger partial charge in [0.25, 0.3) is 11.8 Å². The Morgan fingerprint density at radius 1 is 1.18 bits per heavy atom. The Hall–Kier alpha value is -3.42. The van der Waals surface area contributed by atoms with E-state index in [0.29, 0.717) is 11.1 Å². The number of amides is 4. The van der Waals surface area contributed by atoms with Gasteiger partial charge in [0, 0.05) is 28.7 Å². The summed E-state index contributed by atoms with van der Waals surface area (Å²) >= 11 is 0. The van der Waals surface area contributed by atoms with Crippen molar-refractivity contribution in [2.75, 3.05) is 0 Å². The Balaban J connectivity index is 1.77. The Morgan fingerprint density at radius 2 is 1.89 bits per heavy atom. The lowest BCUT2D eigenvalue weighted by Crippen LogP contribution is -2.57. The Kier molecular flexibility index (Phi) is 4.46. The quantitative estimate of drug-likeness (QED) is 0.623. The molecular formula is C20H19N3O5. The summed E-state index contributed by atoms with van der Waals surface area (Å²) in [5, 5.41) is 12.1. The second-order valence-electron chi connectivity index (χ2n) is 7.05. The van der Waals surface area contributed by atoms with Crippen molar-refractivity contribution in [1.29, 1.82) is 0 Å². The van der Waals surface area contributed by atoms with Crippen LogP contribution >= 0.6 is 0 Å².